The number of rotatable bonds is 1. The smallest absolute Gasteiger partial charge is 0.123 e. The Morgan fingerprint density at radius 1 is 1.19 bits per heavy atom. The maximum Gasteiger partial charge on any atom is 0.123 e. The molecule has 0 bridgehead atoms. The Labute approximate surface area is 94.6 Å². The number of piperazine rings is 1. The molecule has 0 radical (unpaired) electrons. The third kappa shape index (κ3) is 1.84. The number of hydrogen-bond acceptors (Lipinski definition) is 3. The molecule has 4 heteroatoms. The molecule has 1 atom stereocenters. The van der Waals surface area contributed by atoms with Crippen LogP contribution < -0.4 is 10.6 Å². The molecule has 16 heavy (non-hydrogen) atoms. The predicted octanol–water partition coefficient (Wildman–Crippen LogP) is 0.660. The van der Waals surface area contributed by atoms with E-state index in [2.05, 4.69) is 15.5 Å². The molecular formula is C12H16FN3. The minimum absolute atomic E-state index is 0.129. The first-order chi connectivity index (χ1) is 7.83. The fourth-order valence-corrected chi connectivity index (χ4v) is 2.51. The van der Waals surface area contributed by atoms with Crippen LogP contribution in [0.25, 0.3) is 0 Å². The van der Waals surface area contributed by atoms with Gasteiger partial charge >= 0.3 is 0 Å². The van der Waals surface area contributed by atoms with Crippen molar-refractivity contribution >= 4 is 0 Å². The molecule has 2 aliphatic rings. The van der Waals surface area contributed by atoms with Crippen molar-refractivity contribution in [3.05, 3.63) is 35.1 Å². The number of halogens is 1. The molecular weight excluding hydrogens is 205 g/mol. The zero-order valence-electron chi connectivity index (χ0n) is 9.17. The van der Waals surface area contributed by atoms with Gasteiger partial charge in [-0.25, -0.2) is 4.39 Å². The summed E-state index contributed by atoms with van der Waals surface area (Å²) in [5.74, 6) is -0.129. The van der Waals surface area contributed by atoms with E-state index in [1.807, 2.05) is 6.07 Å². The Kier molecular flexibility index (Phi) is 2.63. The Morgan fingerprint density at radius 2 is 2.06 bits per heavy atom. The van der Waals surface area contributed by atoms with Crippen LogP contribution in [-0.4, -0.2) is 30.7 Å². The van der Waals surface area contributed by atoms with E-state index in [1.165, 1.54) is 5.56 Å². The van der Waals surface area contributed by atoms with Crippen LogP contribution in [0.1, 0.15) is 11.1 Å². The van der Waals surface area contributed by atoms with Crippen LogP contribution in [0, 0.1) is 5.82 Å². The fraction of sp³-hybridized carbons (Fsp3) is 0.500. The monoisotopic (exact) mass is 221 g/mol. The molecule has 1 aromatic rings. The molecule has 0 saturated carbocycles. The van der Waals surface area contributed by atoms with Gasteiger partial charge in [0.1, 0.15) is 5.82 Å². The summed E-state index contributed by atoms with van der Waals surface area (Å²) in [6.45, 7) is 4.79. The van der Waals surface area contributed by atoms with E-state index in [0.717, 1.165) is 38.3 Å². The molecule has 0 aliphatic carbocycles. The van der Waals surface area contributed by atoms with E-state index in [9.17, 15) is 4.39 Å². The molecule has 1 unspecified atom stereocenters. The van der Waals surface area contributed by atoms with Crippen LogP contribution in [0.2, 0.25) is 0 Å². The predicted molar refractivity (Wildman–Crippen MR) is 60.3 cm³/mol. The third-order valence-electron chi connectivity index (χ3n) is 3.38. The second-order valence-corrected chi connectivity index (χ2v) is 4.49. The average molecular weight is 221 g/mol. The summed E-state index contributed by atoms with van der Waals surface area (Å²) in [5, 5.41) is 6.85. The number of fused-ring (bicyclic) bond motifs is 1. The van der Waals surface area contributed by atoms with Gasteiger partial charge in [-0.05, 0) is 23.3 Å². The van der Waals surface area contributed by atoms with E-state index in [-0.39, 0.29) is 5.82 Å². The van der Waals surface area contributed by atoms with Crippen molar-refractivity contribution in [2.45, 2.75) is 19.3 Å². The van der Waals surface area contributed by atoms with Gasteiger partial charge in [-0.2, -0.15) is 0 Å². The summed E-state index contributed by atoms with van der Waals surface area (Å²) in [7, 11) is 0. The van der Waals surface area contributed by atoms with Crippen molar-refractivity contribution in [1.82, 2.24) is 15.5 Å². The van der Waals surface area contributed by atoms with E-state index in [0.29, 0.717) is 6.17 Å². The van der Waals surface area contributed by atoms with Crippen LogP contribution in [0.3, 0.4) is 0 Å². The topological polar surface area (TPSA) is 27.3 Å². The van der Waals surface area contributed by atoms with Gasteiger partial charge in [-0.1, -0.05) is 6.07 Å². The normalized spacial score (nSPS) is 25.7. The van der Waals surface area contributed by atoms with Gasteiger partial charge in [0.15, 0.2) is 0 Å². The highest BCUT2D eigenvalue weighted by Crippen LogP contribution is 2.24. The van der Waals surface area contributed by atoms with Crippen LogP contribution in [-0.2, 0) is 13.1 Å². The molecule has 1 fully saturated rings. The molecule has 86 valence electrons. The summed E-state index contributed by atoms with van der Waals surface area (Å²) < 4.78 is 13.1. The molecule has 2 aliphatic heterocycles. The Hall–Kier alpha value is -0.970. The summed E-state index contributed by atoms with van der Waals surface area (Å²) >= 11 is 0. The highest BCUT2D eigenvalue weighted by molar-refractivity contribution is 5.31. The highest BCUT2D eigenvalue weighted by atomic mass is 19.1. The van der Waals surface area contributed by atoms with Crippen LogP contribution in [0.5, 0.6) is 0 Å². The summed E-state index contributed by atoms with van der Waals surface area (Å²) in [4.78, 5) is 2.36. The Morgan fingerprint density at radius 3 is 2.88 bits per heavy atom. The lowest BCUT2D eigenvalue weighted by atomic mass is 10.1. The van der Waals surface area contributed by atoms with Crippen LogP contribution in [0.4, 0.5) is 4.39 Å². The zero-order valence-corrected chi connectivity index (χ0v) is 9.17. The molecule has 0 aromatic heterocycles. The number of nitrogens with zero attached hydrogens (tertiary/aromatic N) is 1. The number of benzene rings is 1. The first kappa shape index (κ1) is 10.2. The Bertz CT molecular complexity index is 388. The minimum atomic E-state index is -0.129. The molecule has 0 amide bonds. The van der Waals surface area contributed by atoms with Crippen molar-refractivity contribution < 1.29 is 4.39 Å². The summed E-state index contributed by atoms with van der Waals surface area (Å²) in [5.41, 5.74) is 2.39. The van der Waals surface area contributed by atoms with Crippen molar-refractivity contribution in [1.29, 1.82) is 0 Å². The van der Waals surface area contributed by atoms with E-state index >= 15 is 0 Å². The highest BCUT2D eigenvalue weighted by Gasteiger charge is 2.26. The van der Waals surface area contributed by atoms with Gasteiger partial charge in [0, 0.05) is 32.7 Å². The van der Waals surface area contributed by atoms with E-state index in [1.54, 1.807) is 12.1 Å². The first-order valence-corrected chi connectivity index (χ1v) is 5.78. The van der Waals surface area contributed by atoms with E-state index in [4.69, 9.17) is 0 Å². The second kappa shape index (κ2) is 4.13. The van der Waals surface area contributed by atoms with Crippen molar-refractivity contribution in [2.75, 3.05) is 19.6 Å². The van der Waals surface area contributed by atoms with Gasteiger partial charge in [-0.3, -0.25) is 10.2 Å². The average Bonchev–Trinajstić information content (AvgIpc) is 2.73. The van der Waals surface area contributed by atoms with Crippen molar-refractivity contribution in [3.63, 3.8) is 0 Å². The zero-order chi connectivity index (χ0) is 11.0. The second-order valence-electron chi connectivity index (χ2n) is 4.49. The van der Waals surface area contributed by atoms with E-state index < -0.39 is 0 Å². The van der Waals surface area contributed by atoms with Crippen LogP contribution in [0.15, 0.2) is 18.2 Å². The Balaban J connectivity index is 1.74. The van der Waals surface area contributed by atoms with Crippen LogP contribution >= 0.6 is 0 Å². The van der Waals surface area contributed by atoms with Gasteiger partial charge < -0.3 is 5.32 Å². The first-order valence-electron chi connectivity index (χ1n) is 5.78. The SMILES string of the molecule is Fc1ccc2c(c1)CN(C1CNCCN1)C2. The van der Waals surface area contributed by atoms with Gasteiger partial charge in [0.2, 0.25) is 0 Å². The third-order valence-corrected chi connectivity index (χ3v) is 3.38. The lowest BCUT2D eigenvalue weighted by Gasteiger charge is -2.32. The molecule has 1 saturated heterocycles. The molecule has 2 heterocycles. The largest absolute Gasteiger partial charge is 0.313 e. The van der Waals surface area contributed by atoms with Gasteiger partial charge in [-0.15, -0.1) is 0 Å². The molecule has 3 rings (SSSR count). The standard InChI is InChI=1S/C12H16FN3/c13-11-2-1-9-7-16(8-10(9)5-11)12-6-14-3-4-15-12/h1-2,5,12,14-15H,3-4,6-8H2. The van der Waals surface area contributed by atoms with Gasteiger partial charge in [0.25, 0.3) is 0 Å². The number of hydrogen-bond donors (Lipinski definition) is 2. The fourth-order valence-electron chi connectivity index (χ4n) is 2.51. The van der Waals surface area contributed by atoms with Gasteiger partial charge in [0.05, 0.1) is 6.17 Å². The quantitative estimate of drug-likeness (QED) is 0.729. The minimum Gasteiger partial charge on any atom is -0.313 e. The van der Waals surface area contributed by atoms with Crippen molar-refractivity contribution in [2.24, 2.45) is 0 Å². The number of nitrogens with one attached hydrogen (secondary N) is 2. The molecule has 1 aromatic carbocycles. The summed E-state index contributed by atoms with van der Waals surface area (Å²) in [6, 6.07) is 5.11. The molecule has 2 N–H and O–H groups in total. The maximum absolute atomic E-state index is 13.1. The summed E-state index contributed by atoms with van der Waals surface area (Å²) in [6.07, 6.45) is 0.379. The van der Waals surface area contributed by atoms with Crippen molar-refractivity contribution in [3.8, 4) is 0 Å². The molecule has 0 spiro atoms. The lowest BCUT2D eigenvalue weighted by molar-refractivity contribution is 0.147. The maximum atomic E-state index is 13.1. The molecule has 3 nitrogen and oxygen atoms in total. The lowest BCUT2D eigenvalue weighted by Crippen LogP contribution is -2.55.